The van der Waals surface area contributed by atoms with Crippen molar-refractivity contribution in [2.45, 2.75) is 72.1 Å². The third-order valence-electron chi connectivity index (χ3n) is 7.59. The highest BCUT2D eigenvalue weighted by Crippen LogP contribution is 2.43. The molecule has 8 heteroatoms. The van der Waals surface area contributed by atoms with Crippen LogP contribution in [0.3, 0.4) is 0 Å². The van der Waals surface area contributed by atoms with E-state index in [0.29, 0.717) is 46.6 Å². The molecule has 198 valence electrons. The van der Waals surface area contributed by atoms with Crippen molar-refractivity contribution in [1.82, 2.24) is 14.9 Å². The Morgan fingerprint density at radius 3 is 2.46 bits per heavy atom. The lowest BCUT2D eigenvalue weighted by molar-refractivity contribution is -0.176. The van der Waals surface area contributed by atoms with Crippen molar-refractivity contribution in [3.05, 3.63) is 61.7 Å². The van der Waals surface area contributed by atoms with E-state index in [0.717, 1.165) is 41.3 Å². The van der Waals surface area contributed by atoms with Crippen LogP contribution in [0.1, 0.15) is 67.0 Å². The van der Waals surface area contributed by atoms with E-state index in [-0.39, 0.29) is 18.0 Å². The number of rotatable bonds is 2. The number of methoxy groups -OCH3 is 1. The van der Waals surface area contributed by atoms with E-state index in [1.54, 1.807) is 4.57 Å². The number of nitrogens with zero attached hydrogens (tertiary/aromatic N) is 2. The topological polar surface area (TPSA) is 82.5 Å². The van der Waals surface area contributed by atoms with Crippen LogP contribution < -0.4 is 10.9 Å². The first kappa shape index (κ1) is 26.9. The van der Waals surface area contributed by atoms with Crippen LogP contribution in [0.25, 0.3) is 22.3 Å². The van der Waals surface area contributed by atoms with Crippen LogP contribution in [0.15, 0.2) is 16.9 Å². The standard InChI is InChI=1S/C25H23FN2O4.C2H7N.C2H6/c1-4-25(31-3)17-8-20-22-15(10-28(20)23(29)16(17)11-32-24(25)30)14-7-5-6-13-12(2)18(26)9-19(27-22)21(13)14;1-3-2;1-2/h8-9H,4-7,10-11H2,1-3H3;3H,1-2H3;1-2H3/t25-;;/m0../s1. The number of carbonyl (C=O) groups excluding carboxylic acids is 1. The lowest BCUT2D eigenvalue weighted by Gasteiger charge is -2.35. The molecule has 1 aromatic carbocycles. The summed E-state index contributed by atoms with van der Waals surface area (Å²) in [7, 11) is 5.21. The number of nitrogens with one attached hydrogen (secondary N) is 1. The van der Waals surface area contributed by atoms with Crippen molar-refractivity contribution in [3.8, 4) is 11.4 Å². The summed E-state index contributed by atoms with van der Waals surface area (Å²) in [5, 5.41) is 3.79. The molecule has 1 aliphatic carbocycles. The van der Waals surface area contributed by atoms with E-state index < -0.39 is 11.6 Å². The number of halogens is 1. The van der Waals surface area contributed by atoms with Crippen molar-refractivity contribution < 1.29 is 18.7 Å². The molecule has 1 N–H and O–H groups in total. The quantitative estimate of drug-likeness (QED) is 0.400. The summed E-state index contributed by atoms with van der Waals surface area (Å²) >= 11 is 0. The van der Waals surface area contributed by atoms with E-state index in [1.807, 2.05) is 47.9 Å². The second-order valence-electron chi connectivity index (χ2n) is 9.40. The fourth-order valence-electron chi connectivity index (χ4n) is 5.84. The van der Waals surface area contributed by atoms with Gasteiger partial charge in [0, 0.05) is 29.7 Å². The van der Waals surface area contributed by atoms with E-state index in [9.17, 15) is 14.0 Å². The summed E-state index contributed by atoms with van der Waals surface area (Å²) in [6, 6.07) is 3.36. The van der Waals surface area contributed by atoms with Crippen LogP contribution >= 0.6 is 0 Å². The molecule has 2 aliphatic heterocycles. The maximum Gasteiger partial charge on any atom is 0.343 e. The van der Waals surface area contributed by atoms with Gasteiger partial charge in [0.25, 0.3) is 5.56 Å². The van der Waals surface area contributed by atoms with Gasteiger partial charge in [-0.2, -0.15) is 0 Å². The maximum atomic E-state index is 14.7. The van der Waals surface area contributed by atoms with Gasteiger partial charge >= 0.3 is 5.97 Å². The molecule has 0 unspecified atom stereocenters. The van der Waals surface area contributed by atoms with E-state index >= 15 is 0 Å². The molecule has 0 saturated heterocycles. The first-order chi connectivity index (χ1) is 17.8. The average molecular weight is 510 g/mol. The molecule has 2 aromatic heterocycles. The van der Waals surface area contributed by atoms with Gasteiger partial charge in [0.15, 0.2) is 5.60 Å². The Kier molecular flexibility index (Phi) is 7.53. The molecule has 1 atom stereocenters. The Bertz CT molecular complexity index is 1440. The summed E-state index contributed by atoms with van der Waals surface area (Å²) in [5.74, 6) is -0.734. The van der Waals surface area contributed by atoms with Crippen molar-refractivity contribution >= 4 is 16.9 Å². The van der Waals surface area contributed by atoms with Crippen molar-refractivity contribution in [2.75, 3.05) is 21.2 Å². The molecule has 3 aliphatic rings. The lowest BCUT2D eigenvalue weighted by Crippen LogP contribution is -2.45. The van der Waals surface area contributed by atoms with Crippen LogP contribution in [-0.2, 0) is 45.9 Å². The first-order valence-electron chi connectivity index (χ1n) is 13.0. The molecule has 0 saturated carbocycles. The Hall–Kier alpha value is -3.10. The number of carbonyl (C=O) groups is 1. The molecular weight excluding hydrogens is 473 g/mol. The van der Waals surface area contributed by atoms with E-state index in [4.69, 9.17) is 14.5 Å². The normalized spacial score (nSPS) is 18.5. The van der Waals surface area contributed by atoms with Crippen LogP contribution in [0, 0.1) is 12.7 Å². The molecule has 3 aromatic rings. The van der Waals surface area contributed by atoms with Gasteiger partial charge in [-0.3, -0.25) is 4.79 Å². The number of ether oxygens (including phenoxy) is 2. The summed E-state index contributed by atoms with van der Waals surface area (Å²) in [6.07, 6.45) is 2.99. The maximum absolute atomic E-state index is 14.7. The highest BCUT2D eigenvalue weighted by atomic mass is 19.1. The third-order valence-corrected chi connectivity index (χ3v) is 7.59. The predicted octanol–water partition coefficient (Wildman–Crippen LogP) is 4.53. The molecule has 0 fully saturated rings. The van der Waals surface area contributed by atoms with Gasteiger partial charge in [-0.15, -0.1) is 0 Å². The van der Waals surface area contributed by atoms with Crippen LogP contribution in [-0.4, -0.2) is 36.7 Å². The highest BCUT2D eigenvalue weighted by molar-refractivity contribution is 5.92. The van der Waals surface area contributed by atoms with Gasteiger partial charge in [0.05, 0.1) is 29.0 Å². The predicted molar refractivity (Wildman–Crippen MR) is 142 cm³/mol. The SMILES string of the molecule is CC.CC[C@@]1(OC)C(=O)OCc2c1cc1n(c2=O)Cc2c-1nc1cc(F)c(C)c3c1c2CCC3.CNC. The molecule has 0 amide bonds. The molecule has 0 radical (unpaired) electrons. The molecule has 37 heavy (non-hydrogen) atoms. The Morgan fingerprint density at radius 2 is 1.81 bits per heavy atom. The summed E-state index contributed by atoms with van der Waals surface area (Å²) in [6.45, 7) is 8.02. The van der Waals surface area contributed by atoms with Crippen molar-refractivity contribution in [1.29, 1.82) is 0 Å². The van der Waals surface area contributed by atoms with Crippen LogP contribution in [0.5, 0.6) is 0 Å². The molecule has 0 bridgehead atoms. The van der Waals surface area contributed by atoms with Gasteiger partial charge < -0.3 is 19.4 Å². The second kappa shape index (κ2) is 10.3. The zero-order valence-electron chi connectivity index (χ0n) is 22.8. The third kappa shape index (κ3) is 3.89. The molecule has 6 rings (SSSR count). The monoisotopic (exact) mass is 509 g/mol. The zero-order chi connectivity index (χ0) is 27.1. The van der Waals surface area contributed by atoms with Gasteiger partial charge in [0.2, 0.25) is 0 Å². The number of aromatic nitrogens is 2. The highest BCUT2D eigenvalue weighted by Gasteiger charge is 2.47. The minimum absolute atomic E-state index is 0.0639. The number of benzene rings is 1. The van der Waals surface area contributed by atoms with Crippen LogP contribution in [0.4, 0.5) is 4.39 Å². The van der Waals surface area contributed by atoms with Gasteiger partial charge in [-0.05, 0) is 69.5 Å². The Morgan fingerprint density at radius 1 is 1.14 bits per heavy atom. The van der Waals surface area contributed by atoms with Gasteiger partial charge in [-0.25, -0.2) is 14.2 Å². The zero-order valence-corrected chi connectivity index (χ0v) is 22.8. The number of fused-ring (bicyclic) bond motifs is 5. The van der Waals surface area contributed by atoms with E-state index in [2.05, 4.69) is 5.32 Å². The lowest BCUT2D eigenvalue weighted by atomic mass is 9.84. The number of pyridine rings is 2. The first-order valence-corrected chi connectivity index (χ1v) is 13.0. The number of aryl methyl sites for hydroxylation is 2. The van der Waals surface area contributed by atoms with Crippen LogP contribution in [0.2, 0.25) is 0 Å². The molecular formula is C29H36FN3O4. The minimum atomic E-state index is -1.31. The summed E-state index contributed by atoms with van der Waals surface area (Å²) in [5.41, 5.74) is 5.38. The molecule has 7 nitrogen and oxygen atoms in total. The Balaban J connectivity index is 0.000000599. The Labute approximate surface area is 217 Å². The average Bonchev–Trinajstić information content (AvgIpc) is 3.28. The van der Waals surface area contributed by atoms with E-state index in [1.165, 1.54) is 13.2 Å². The van der Waals surface area contributed by atoms with Crippen molar-refractivity contribution in [2.24, 2.45) is 0 Å². The molecule has 0 spiro atoms. The van der Waals surface area contributed by atoms with Gasteiger partial charge in [-0.1, -0.05) is 20.8 Å². The summed E-state index contributed by atoms with van der Waals surface area (Å²) < 4.78 is 27.4. The van der Waals surface area contributed by atoms with Crippen molar-refractivity contribution in [3.63, 3.8) is 0 Å². The summed E-state index contributed by atoms with van der Waals surface area (Å²) in [4.78, 5) is 31.0. The largest absolute Gasteiger partial charge is 0.458 e. The number of cyclic esters (lactones) is 1. The smallest absolute Gasteiger partial charge is 0.343 e. The number of hydrogen-bond acceptors (Lipinski definition) is 6. The number of hydrogen-bond donors (Lipinski definition) is 1. The second-order valence-corrected chi connectivity index (χ2v) is 9.40. The fraction of sp³-hybridized carbons (Fsp3) is 0.483. The molecule has 4 heterocycles. The fourth-order valence-corrected chi connectivity index (χ4v) is 5.84. The minimum Gasteiger partial charge on any atom is -0.458 e. The van der Waals surface area contributed by atoms with Gasteiger partial charge in [0.1, 0.15) is 12.4 Å². The number of esters is 1.